The molecule has 2 saturated carbocycles. The van der Waals surface area contributed by atoms with Gasteiger partial charge in [-0.15, -0.1) is 0 Å². The van der Waals surface area contributed by atoms with Crippen molar-refractivity contribution in [2.45, 2.75) is 58.4 Å². The van der Waals surface area contributed by atoms with Gasteiger partial charge in [0.2, 0.25) is 0 Å². The van der Waals surface area contributed by atoms with Gasteiger partial charge < -0.3 is 10.1 Å². The topological polar surface area (TPSA) is 21.3 Å². The Balaban J connectivity index is 1.64. The summed E-state index contributed by atoms with van der Waals surface area (Å²) in [5.41, 5.74) is 0.609. The number of hydrogen-bond donors (Lipinski definition) is 1. The van der Waals surface area contributed by atoms with E-state index in [-0.39, 0.29) is 0 Å². The molecule has 2 nitrogen and oxygen atoms in total. The minimum absolute atomic E-state index is 0.609. The van der Waals surface area contributed by atoms with Gasteiger partial charge in [-0.3, -0.25) is 0 Å². The summed E-state index contributed by atoms with van der Waals surface area (Å²) in [6.45, 7) is 7.53. The lowest BCUT2D eigenvalue weighted by Crippen LogP contribution is -2.36. The molecule has 2 heteroatoms. The average Bonchev–Trinajstić information content (AvgIpc) is 2.93. The monoisotopic (exact) mass is 225 g/mol. The molecule has 0 spiro atoms. The molecular weight excluding hydrogens is 198 g/mol. The van der Waals surface area contributed by atoms with Crippen molar-refractivity contribution in [3.05, 3.63) is 0 Å². The molecular formula is C14H27NO. The van der Waals surface area contributed by atoms with Crippen molar-refractivity contribution in [2.24, 2.45) is 11.3 Å². The van der Waals surface area contributed by atoms with Crippen molar-refractivity contribution in [1.82, 2.24) is 5.32 Å². The molecule has 0 bridgehead atoms. The van der Waals surface area contributed by atoms with Gasteiger partial charge in [-0.25, -0.2) is 0 Å². The van der Waals surface area contributed by atoms with Crippen molar-refractivity contribution >= 4 is 0 Å². The molecule has 2 aliphatic carbocycles. The largest absolute Gasteiger partial charge is 0.382 e. The summed E-state index contributed by atoms with van der Waals surface area (Å²) in [6, 6.07) is 0.796. The van der Waals surface area contributed by atoms with Crippen LogP contribution in [0.2, 0.25) is 0 Å². The minimum Gasteiger partial charge on any atom is -0.382 e. The van der Waals surface area contributed by atoms with E-state index in [1.54, 1.807) is 0 Å². The number of ether oxygens (including phenoxy) is 1. The highest BCUT2D eigenvalue weighted by atomic mass is 16.5. The van der Waals surface area contributed by atoms with E-state index in [1.165, 1.54) is 45.1 Å². The second kappa shape index (κ2) is 5.50. The van der Waals surface area contributed by atoms with Gasteiger partial charge in [0.25, 0.3) is 0 Å². The summed E-state index contributed by atoms with van der Waals surface area (Å²) >= 11 is 0. The zero-order valence-corrected chi connectivity index (χ0v) is 10.9. The minimum atomic E-state index is 0.609. The fraction of sp³-hybridized carbons (Fsp3) is 1.00. The van der Waals surface area contributed by atoms with Gasteiger partial charge >= 0.3 is 0 Å². The number of rotatable bonds is 7. The maximum absolute atomic E-state index is 5.47. The smallest absolute Gasteiger partial charge is 0.0471 e. The Morgan fingerprint density at radius 2 is 2.12 bits per heavy atom. The Bertz CT molecular complexity index is 213. The van der Waals surface area contributed by atoms with Crippen LogP contribution in [0.5, 0.6) is 0 Å². The number of nitrogens with one attached hydrogen (secondary N) is 1. The predicted octanol–water partition coefficient (Wildman–Crippen LogP) is 2.97. The van der Waals surface area contributed by atoms with Crippen molar-refractivity contribution in [2.75, 3.05) is 19.8 Å². The molecule has 0 radical (unpaired) electrons. The van der Waals surface area contributed by atoms with Gasteiger partial charge in [0, 0.05) is 25.8 Å². The molecule has 0 aliphatic heterocycles. The highest BCUT2D eigenvalue weighted by Crippen LogP contribution is 2.48. The molecule has 2 aliphatic rings. The number of hydrogen-bond acceptors (Lipinski definition) is 2. The molecule has 0 saturated heterocycles. The third kappa shape index (κ3) is 3.21. The second-order valence-electron chi connectivity index (χ2n) is 5.84. The average molecular weight is 225 g/mol. The van der Waals surface area contributed by atoms with E-state index in [0.29, 0.717) is 5.41 Å². The summed E-state index contributed by atoms with van der Waals surface area (Å²) in [4.78, 5) is 0. The molecule has 0 aromatic heterocycles. The molecule has 2 unspecified atom stereocenters. The fourth-order valence-corrected chi connectivity index (χ4v) is 2.92. The van der Waals surface area contributed by atoms with Gasteiger partial charge in [-0.1, -0.05) is 13.3 Å². The first kappa shape index (κ1) is 12.4. The van der Waals surface area contributed by atoms with Crippen LogP contribution in [0, 0.1) is 11.3 Å². The first-order valence-corrected chi connectivity index (χ1v) is 7.07. The van der Waals surface area contributed by atoms with Crippen molar-refractivity contribution < 1.29 is 4.74 Å². The molecule has 0 heterocycles. The fourth-order valence-electron chi connectivity index (χ4n) is 2.92. The first-order chi connectivity index (χ1) is 7.76. The molecule has 16 heavy (non-hydrogen) atoms. The lowest BCUT2D eigenvalue weighted by molar-refractivity contribution is 0.127. The van der Waals surface area contributed by atoms with Gasteiger partial charge in [0.15, 0.2) is 0 Å². The molecule has 94 valence electrons. The molecule has 1 N–H and O–H groups in total. The van der Waals surface area contributed by atoms with Crippen LogP contribution in [0.1, 0.15) is 52.4 Å². The van der Waals surface area contributed by atoms with Gasteiger partial charge in [-0.2, -0.15) is 0 Å². The molecule has 0 aromatic rings. The van der Waals surface area contributed by atoms with E-state index in [1.807, 2.05) is 0 Å². The Morgan fingerprint density at radius 3 is 2.69 bits per heavy atom. The molecule has 2 atom stereocenters. The van der Waals surface area contributed by atoms with E-state index in [4.69, 9.17) is 4.74 Å². The third-order valence-corrected chi connectivity index (χ3v) is 4.54. The van der Waals surface area contributed by atoms with Gasteiger partial charge in [0.1, 0.15) is 0 Å². The van der Waals surface area contributed by atoms with Gasteiger partial charge in [-0.05, 0) is 50.4 Å². The third-order valence-electron chi connectivity index (χ3n) is 4.54. The molecule has 2 fully saturated rings. The summed E-state index contributed by atoms with van der Waals surface area (Å²) < 4.78 is 5.47. The summed E-state index contributed by atoms with van der Waals surface area (Å²) in [5.74, 6) is 0.891. The Morgan fingerprint density at radius 1 is 1.31 bits per heavy atom. The maximum Gasteiger partial charge on any atom is 0.0471 e. The quantitative estimate of drug-likeness (QED) is 0.673. The van der Waals surface area contributed by atoms with Gasteiger partial charge in [0.05, 0.1) is 0 Å². The van der Waals surface area contributed by atoms with Crippen LogP contribution in [0.25, 0.3) is 0 Å². The lowest BCUT2D eigenvalue weighted by atomic mass is 10.0. The summed E-state index contributed by atoms with van der Waals surface area (Å²) in [7, 11) is 0. The Hall–Kier alpha value is -0.0800. The maximum atomic E-state index is 5.47. The van der Waals surface area contributed by atoms with Crippen molar-refractivity contribution in [3.63, 3.8) is 0 Å². The van der Waals surface area contributed by atoms with Crippen molar-refractivity contribution in [1.29, 1.82) is 0 Å². The van der Waals surface area contributed by atoms with Crippen LogP contribution in [0.15, 0.2) is 0 Å². The van der Waals surface area contributed by atoms with E-state index >= 15 is 0 Å². The van der Waals surface area contributed by atoms with Crippen LogP contribution in [0.4, 0.5) is 0 Å². The molecule has 2 rings (SSSR count). The van der Waals surface area contributed by atoms with Crippen molar-refractivity contribution in [3.8, 4) is 0 Å². The first-order valence-electron chi connectivity index (χ1n) is 7.07. The summed E-state index contributed by atoms with van der Waals surface area (Å²) in [6.07, 6.45) is 8.31. The second-order valence-corrected chi connectivity index (χ2v) is 5.84. The Labute approximate surface area is 100 Å². The van der Waals surface area contributed by atoms with E-state index in [9.17, 15) is 0 Å². The zero-order chi connectivity index (χ0) is 11.4. The van der Waals surface area contributed by atoms with Crippen LogP contribution in [0.3, 0.4) is 0 Å². The Kier molecular flexibility index (Phi) is 4.26. The predicted molar refractivity (Wildman–Crippen MR) is 67.6 cm³/mol. The molecule has 0 amide bonds. The van der Waals surface area contributed by atoms with E-state index in [2.05, 4.69) is 19.2 Å². The van der Waals surface area contributed by atoms with E-state index in [0.717, 1.165) is 25.2 Å². The van der Waals surface area contributed by atoms with Crippen LogP contribution >= 0.6 is 0 Å². The standard InChI is InChI=1S/C14H27NO/c1-3-16-10-9-14(7-8-14)11-15-13-6-4-5-12(13)2/h12-13,15H,3-11H2,1-2H3. The van der Waals surface area contributed by atoms with E-state index < -0.39 is 0 Å². The summed E-state index contributed by atoms with van der Waals surface area (Å²) in [5, 5.41) is 3.81. The molecule has 0 aromatic carbocycles. The van der Waals surface area contributed by atoms with Crippen LogP contribution in [-0.2, 0) is 4.74 Å². The lowest BCUT2D eigenvalue weighted by Gasteiger charge is -2.22. The SMILES string of the molecule is CCOCCC1(CNC2CCCC2C)CC1. The normalized spacial score (nSPS) is 31.9. The zero-order valence-electron chi connectivity index (χ0n) is 10.9. The highest BCUT2D eigenvalue weighted by Gasteiger charge is 2.42. The van der Waals surface area contributed by atoms with Crippen LogP contribution in [-0.4, -0.2) is 25.8 Å². The highest BCUT2D eigenvalue weighted by molar-refractivity contribution is 4.96. The van der Waals surface area contributed by atoms with Crippen LogP contribution < -0.4 is 5.32 Å².